The molecule has 9 aromatic carbocycles. The number of benzene rings is 9. The molecule has 4 fully saturated rings. The molecule has 1 spiro atoms. The molecule has 0 atom stereocenters. The van der Waals surface area contributed by atoms with Gasteiger partial charge in [0.05, 0.1) is 0 Å². The van der Waals surface area contributed by atoms with Crippen molar-refractivity contribution in [2.24, 2.45) is 23.7 Å². The Morgan fingerprint density at radius 3 is 1.66 bits per heavy atom. The molecule has 5 aliphatic rings. The van der Waals surface area contributed by atoms with Crippen molar-refractivity contribution in [3.63, 3.8) is 0 Å². The predicted molar refractivity (Wildman–Crippen MR) is 254 cm³/mol. The highest BCUT2D eigenvalue weighted by Crippen LogP contribution is 2.71. The van der Waals surface area contributed by atoms with E-state index < -0.39 is 0 Å². The summed E-state index contributed by atoms with van der Waals surface area (Å²) < 4.78 is 6.81. The summed E-state index contributed by atoms with van der Waals surface area (Å²) in [7, 11) is 0. The van der Waals surface area contributed by atoms with E-state index in [4.69, 9.17) is 4.42 Å². The fourth-order valence-electron chi connectivity index (χ4n) is 13.5. The van der Waals surface area contributed by atoms with Crippen molar-refractivity contribution in [2.75, 3.05) is 0 Å². The molecule has 1 heteroatoms. The van der Waals surface area contributed by atoms with Crippen LogP contribution in [-0.2, 0) is 5.41 Å². The van der Waals surface area contributed by atoms with Gasteiger partial charge in [0.1, 0.15) is 11.2 Å². The van der Waals surface area contributed by atoms with E-state index in [1.807, 2.05) is 0 Å². The molecule has 1 nitrogen and oxygen atoms in total. The van der Waals surface area contributed by atoms with Gasteiger partial charge in [-0.2, -0.15) is 0 Å². The van der Waals surface area contributed by atoms with E-state index in [9.17, 15) is 0 Å². The van der Waals surface area contributed by atoms with E-state index in [1.54, 1.807) is 11.1 Å². The van der Waals surface area contributed by atoms with Crippen LogP contribution in [0.4, 0.5) is 0 Å². The Bertz CT molecular complexity index is 3410. The van der Waals surface area contributed by atoms with Crippen LogP contribution >= 0.6 is 0 Å². The molecular weight excluding hydrogens is 737 g/mol. The van der Waals surface area contributed by atoms with Crippen LogP contribution in [0.5, 0.6) is 0 Å². The molecule has 0 amide bonds. The van der Waals surface area contributed by atoms with E-state index in [1.165, 1.54) is 120 Å². The van der Waals surface area contributed by atoms with Crippen molar-refractivity contribution in [3.05, 3.63) is 193 Å². The van der Waals surface area contributed by atoms with Crippen LogP contribution in [-0.4, -0.2) is 0 Å². The molecule has 15 rings (SSSR count). The van der Waals surface area contributed by atoms with Gasteiger partial charge in [-0.1, -0.05) is 133 Å². The number of rotatable bonds is 4. The molecule has 1 aromatic heterocycles. The molecular formula is C60H44O. The van der Waals surface area contributed by atoms with Gasteiger partial charge in [-0.25, -0.2) is 0 Å². The Hall–Kier alpha value is -6.70. The maximum Gasteiger partial charge on any atom is 0.136 e. The molecule has 5 aliphatic carbocycles. The molecule has 4 bridgehead atoms. The third-order valence-corrected chi connectivity index (χ3v) is 15.8. The predicted octanol–water partition coefficient (Wildman–Crippen LogP) is 16.3. The minimum atomic E-state index is -0.0292. The van der Waals surface area contributed by atoms with Gasteiger partial charge in [0.2, 0.25) is 0 Å². The van der Waals surface area contributed by atoms with Gasteiger partial charge in [0.25, 0.3) is 0 Å². The normalized spacial score (nSPS) is 22.2. The van der Waals surface area contributed by atoms with Crippen LogP contribution in [0.2, 0.25) is 0 Å². The maximum atomic E-state index is 6.81. The topological polar surface area (TPSA) is 13.1 Å². The third kappa shape index (κ3) is 4.89. The molecule has 0 N–H and O–H groups in total. The second-order valence-corrected chi connectivity index (χ2v) is 18.9. The van der Waals surface area contributed by atoms with E-state index >= 15 is 0 Å². The quantitative estimate of drug-likeness (QED) is 0.173. The Labute approximate surface area is 356 Å². The maximum absolute atomic E-state index is 6.81. The van der Waals surface area contributed by atoms with E-state index in [-0.39, 0.29) is 5.41 Å². The number of furan rings is 1. The zero-order valence-corrected chi connectivity index (χ0v) is 34.1. The van der Waals surface area contributed by atoms with E-state index in [0.29, 0.717) is 11.8 Å². The largest absolute Gasteiger partial charge is 0.456 e. The summed E-state index contributed by atoms with van der Waals surface area (Å²) in [6.07, 6.45) is 6.79. The van der Waals surface area contributed by atoms with Crippen molar-refractivity contribution in [1.29, 1.82) is 0 Å². The third-order valence-electron chi connectivity index (χ3n) is 15.8. The monoisotopic (exact) mass is 780 g/mol. The second-order valence-electron chi connectivity index (χ2n) is 18.9. The highest BCUT2D eigenvalue weighted by atomic mass is 16.3. The molecule has 0 radical (unpaired) electrons. The first kappa shape index (κ1) is 34.1. The summed E-state index contributed by atoms with van der Waals surface area (Å²) >= 11 is 0. The van der Waals surface area contributed by atoms with Crippen molar-refractivity contribution in [2.45, 2.75) is 37.5 Å². The fraction of sp³-hybridized carbons (Fsp3) is 0.167. The summed E-state index contributed by atoms with van der Waals surface area (Å²) in [5, 5.41) is 7.53. The lowest BCUT2D eigenvalue weighted by Crippen LogP contribution is -2.55. The van der Waals surface area contributed by atoms with Gasteiger partial charge in [0, 0.05) is 16.2 Å². The second kappa shape index (κ2) is 12.7. The van der Waals surface area contributed by atoms with E-state index in [2.05, 4.69) is 182 Å². The molecule has 10 aromatic rings. The lowest BCUT2D eigenvalue weighted by atomic mass is 9.42. The molecule has 290 valence electrons. The Morgan fingerprint density at radius 1 is 0.344 bits per heavy atom. The van der Waals surface area contributed by atoms with Gasteiger partial charge >= 0.3 is 0 Å². The van der Waals surface area contributed by atoms with Crippen LogP contribution in [0, 0.1) is 23.7 Å². The average molecular weight is 781 g/mol. The molecule has 0 saturated heterocycles. The van der Waals surface area contributed by atoms with Crippen LogP contribution < -0.4 is 0 Å². The Kier molecular flexibility index (Phi) is 7.07. The molecule has 1 heterocycles. The van der Waals surface area contributed by atoms with Gasteiger partial charge in [-0.15, -0.1) is 0 Å². The van der Waals surface area contributed by atoms with E-state index in [0.717, 1.165) is 23.0 Å². The fourth-order valence-corrected chi connectivity index (χ4v) is 13.5. The van der Waals surface area contributed by atoms with Crippen LogP contribution in [0.1, 0.15) is 43.2 Å². The summed E-state index contributed by atoms with van der Waals surface area (Å²) in [5.41, 5.74) is 18.1. The lowest BCUT2D eigenvalue weighted by Gasteiger charge is -2.61. The average Bonchev–Trinajstić information content (AvgIpc) is 3.80. The smallest absolute Gasteiger partial charge is 0.136 e. The van der Waals surface area contributed by atoms with Gasteiger partial charge in [-0.05, 0) is 193 Å². The minimum absolute atomic E-state index is 0.0292. The molecule has 4 saturated carbocycles. The standard InChI is InChI=1S/C60H44O/c1-2-11-38(12-3-1)44-29-45(43-22-21-39-13-4-5-14-40(39)28-43)31-46(30-44)49-17-8-9-18-50(49)51-19-10-20-52-53-35-58-55(54-32-41-15-6-7-16-42(41)33-57(54)61-58)34-56(53)60(59(51)52)47-24-36-23-37(26-47)27-48(60)25-36/h1-22,28-37,47-48H,23-27H2. The van der Waals surface area contributed by atoms with Crippen LogP contribution in [0.3, 0.4) is 0 Å². The zero-order chi connectivity index (χ0) is 39.8. The number of hydrogen-bond donors (Lipinski definition) is 0. The first-order valence-electron chi connectivity index (χ1n) is 22.5. The zero-order valence-electron chi connectivity index (χ0n) is 34.1. The summed E-state index contributed by atoms with van der Waals surface area (Å²) in [5.74, 6) is 2.99. The summed E-state index contributed by atoms with van der Waals surface area (Å²) in [6, 6.07) is 68.7. The highest BCUT2D eigenvalue weighted by Gasteiger charge is 2.62. The first-order chi connectivity index (χ1) is 30.2. The first-order valence-corrected chi connectivity index (χ1v) is 22.5. The SMILES string of the molecule is c1ccc(-c2cc(-c3ccc4ccccc4c3)cc(-c3ccccc3-c3cccc4c3C3(c5cc6c(cc5-4)oc4cc5ccccc5cc46)C4CC5CC(C4)CC3C5)c2)cc1. The van der Waals surface area contributed by atoms with Crippen molar-refractivity contribution in [1.82, 2.24) is 0 Å². The highest BCUT2D eigenvalue weighted by molar-refractivity contribution is 6.12. The van der Waals surface area contributed by atoms with Crippen molar-refractivity contribution < 1.29 is 4.42 Å². The van der Waals surface area contributed by atoms with Crippen LogP contribution in [0.15, 0.2) is 186 Å². The van der Waals surface area contributed by atoms with Crippen molar-refractivity contribution >= 4 is 43.5 Å². The number of fused-ring (bicyclic) bond motifs is 8. The number of hydrogen-bond acceptors (Lipinski definition) is 1. The summed E-state index contributed by atoms with van der Waals surface area (Å²) in [4.78, 5) is 0. The molecule has 0 unspecified atom stereocenters. The lowest BCUT2D eigenvalue weighted by molar-refractivity contribution is -0.0396. The Balaban J connectivity index is 1.01. The molecule has 61 heavy (non-hydrogen) atoms. The van der Waals surface area contributed by atoms with Gasteiger partial charge in [-0.3, -0.25) is 0 Å². The van der Waals surface area contributed by atoms with Crippen LogP contribution in [0.25, 0.3) is 99.1 Å². The van der Waals surface area contributed by atoms with Gasteiger partial charge < -0.3 is 4.42 Å². The minimum Gasteiger partial charge on any atom is -0.456 e. The van der Waals surface area contributed by atoms with Crippen molar-refractivity contribution in [3.8, 4) is 55.6 Å². The Morgan fingerprint density at radius 2 is 0.902 bits per heavy atom. The molecule has 0 aliphatic heterocycles. The van der Waals surface area contributed by atoms with Gasteiger partial charge in [0.15, 0.2) is 0 Å². The summed E-state index contributed by atoms with van der Waals surface area (Å²) in [6.45, 7) is 0.